The standard InChI is InChI=1S/C19H33NOS.Na.H/c1-2-3-4-5-6-7-8-9-10-11-12-13-14-15-16-17-19(21)20-18-22;;/h9-10H,2-8,11-17H2,1H3;;/q;+1;-1/b10-9-;;. The number of carbonyl (C=O) groups is 1. The van der Waals surface area contributed by atoms with E-state index in [1.54, 1.807) is 0 Å². The molecule has 0 saturated heterocycles. The summed E-state index contributed by atoms with van der Waals surface area (Å²) in [7, 11) is 0. The number of allylic oxidation sites excluding steroid dienone is 2. The van der Waals surface area contributed by atoms with Crippen molar-refractivity contribution >= 4 is 23.3 Å². The Balaban J connectivity index is -0.00000220. The third kappa shape index (κ3) is 22.2. The van der Waals surface area contributed by atoms with Gasteiger partial charge in [0, 0.05) is 6.42 Å². The van der Waals surface area contributed by atoms with Crippen molar-refractivity contribution in [3.8, 4) is 0 Å². The van der Waals surface area contributed by atoms with Crippen LogP contribution in [0.5, 0.6) is 0 Å². The number of thiocarbonyl (C=S) groups is 1. The SMILES string of the molecule is CCCCCCCC/C=C\CCCCCCCC(=O)N=C=S.[H-].[Na+]. The molecule has 23 heavy (non-hydrogen) atoms. The van der Waals surface area contributed by atoms with Crippen LogP contribution in [-0.4, -0.2) is 11.1 Å². The van der Waals surface area contributed by atoms with Crippen molar-refractivity contribution in [2.45, 2.75) is 96.8 Å². The molecule has 0 bridgehead atoms. The van der Waals surface area contributed by atoms with Gasteiger partial charge in [0.15, 0.2) is 0 Å². The minimum Gasteiger partial charge on any atom is -1.00 e. The van der Waals surface area contributed by atoms with Gasteiger partial charge in [-0.25, -0.2) is 0 Å². The van der Waals surface area contributed by atoms with Crippen LogP contribution < -0.4 is 29.6 Å². The molecule has 128 valence electrons. The van der Waals surface area contributed by atoms with Crippen LogP contribution in [0, 0.1) is 0 Å². The maximum absolute atomic E-state index is 11.1. The zero-order valence-corrected chi connectivity index (χ0v) is 18.1. The zero-order valence-electron chi connectivity index (χ0n) is 16.3. The molecule has 0 aromatic heterocycles. The molecule has 0 heterocycles. The summed E-state index contributed by atoms with van der Waals surface area (Å²) in [5, 5.41) is 2.12. The van der Waals surface area contributed by atoms with Crippen molar-refractivity contribution in [2.24, 2.45) is 4.99 Å². The van der Waals surface area contributed by atoms with Crippen LogP contribution >= 0.6 is 12.2 Å². The minimum atomic E-state index is -0.132. The van der Waals surface area contributed by atoms with E-state index < -0.39 is 0 Å². The fourth-order valence-electron chi connectivity index (χ4n) is 2.45. The summed E-state index contributed by atoms with van der Waals surface area (Å²) in [5.74, 6) is -0.132. The topological polar surface area (TPSA) is 29.4 Å². The monoisotopic (exact) mass is 347 g/mol. The van der Waals surface area contributed by atoms with E-state index >= 15 is 0 Å². The number of carbonyl (C=O) groups excluding carboxylic acids is 1. The quantitative estimate of drug-likeness (QED) is 0.148. The molecule has 0 N–H and O–H groups in total. The van der Waals surface area contributed by atoms with Crippen LogP contribution in [0.4, 0.5) is 0 Å². The van der Waals surface area contributed by atoms with Crippen molar-refractivity contribution in [3.05, 3.63) is 12.2 Å². The smallest absolute Gasteiger partial charge is 1.00 e. The van der Waals surface area contributed by atoms with Crippen molar-refractivity contribution < 1.29 is 35.8 Å². The summed E-state index contributed by atoms with van der Waals surface area (Å²) in [6, 6.07) is 0. The van der Waals surface area contributed by atoms with Crippen LogP contribution in [0.1, 0.15) is 98.2 Å². The summed E-state index contributed by atoms with van der Waals surface area (Å²) in [5.41, 5.74) is 0. The Morgan fingerprint density at radius 1 is 0.913 bits per heavy atom. The number of rotatable bonds is 15. The molecule has 0 aromatic rings. The fraction of sp³-hybridized carbons (Fsp3) is 0.789. The van der Waals surface area contributed by atoms with E-state index in [0.29, 0.717) is 6.42 Å². The first-order chi connectivity index (χ1) is 10.8. The molecular formula is C19H34NNaOS. The molecule has 0 unspecified atom stereocenters. The molecule has 0 aliphatic rings. The van der Waals surface area contributed by atoms with Crippen LogP contribution in [0.25, 0.3) is 0 Å². The first kappa shape index (κ1) is 25.5. The van der Waals surface area contributed by atoms with Crippen molar-refractivity contribution in [3.63, 3.8) is 0 Å². The van der Waals surface area contributed by atoms with E-state index in [2.05, 4.69) is 41.4 Å². The molecule has 0 spiro atoms. The van der Waals surface area contributed by atoms with Gasteiger partial charge in [0.1, 0.15) is 0 Å². The number of isothiocyanates is 1. The average Bonchev–Trinajstić information content (AvgIpc) is 2.51. The van der Waals surface area contributed by atoms with Gasteiger partial charge < -0.3 is 1.43 Å². The van der Waals surface area contributed by atoms with E-state index in [0.717, 1.165) is 12.8 Å². The molecule has 0 fully saturated rings. The van der Waals surface area contributed by atoms with Gasteiger partial charge in [-0.15, -0.1) is 0 Å². The Morgan fingerprint density at radius 2 is 1.39 bits per heavy atom. The van der Waals surface area contributed by atoms with Gasteiger partial charge in [0.05, 0.1) is 5.16 Å². The third-order valence-corrected chi connectivity index (χ3v) is 3.91. The predicted molar refractivity (Wildman–Crippen MR) is 101 cm³/mol. The average molecular weight is 348 g/mol. The van der Waals surface area contributed by atoms with Gasteiger partial charge in [-0.3, -0.25) is 4.79 Å². The first-order valence-electron chi connectivity index (χ1n) is 9.07. The van der Waals surface area contributed by atoms with E-state index in [4.69, 9.17) is 0 Å². The Labute approximate surface area is 172 Å². The Morgan fingerprint density at radius 3 is 1.91 bits per heavy atom. The van der Waals surface area contributed by atoms with Gasteiger partial charge in [0.25, 0.3) is 5.91 Å². The normalized spacial score (nSPS) is 10.3. The van der Waals surface area contributed by atoms with E-state index in [1.165, 1.54) is 70.6 Å². The molecule has 0 atom stereocenters. The van der Waals surface area contributed by atoms with Crippen molar-refractivity contribution in [1.29, 1.82) is 0 Å². The Kier molecular flexibility index (Phi) is 24.6. The number of amides is 1. The molecule has 0 radical (unpaired) electrons. The van der Waals surface area contributed by atoms with E-state index in [9.17, 15) is 4.79 Å². The molecule has 0 saturated carbocycles. The van der Waals surface area contributed by atoms with Gasteiger partial charge in [-0.05, 0) is 44.3 Å². The molecule has 0 aliphatic carbocycles. The molecule has 4 heteroatoms. The molecule has 0 aromatic carbocycles. The number of hydrogen-bond donors (Lipinski definition) is 0. The Hall–Kier alpha value is 0.210. The number of unbranched alkanes of at least 4 members (excludes halogenated alkanes) is 11. The van der Waals surface area contributed by atoms with Crippen LogP contribution in [0.15, 0.2) is 17.1 Å². The predicted octanol–water partition coefficient (Wildman–Crippen LogP) is 3.77. The second-order valence-corrected chi connectivity index (χ2v) is 6.11. The molecule has 0 aliphatic heterocycles. The maximum atomic E-state index is 11.1. The summed E-state index contributed by atoms with van der Waals surface area (Å²) in [6.07, 6.45) is 21.7. The van der Waals surface area contributed by atoms with E-state index in [-0.39, 0.29) is 36.9 Å². The van der Waals surface area contributed by atoms with E-state index in [1.807, 2.05) is 0 Å². The number of nitrogens with zero attached hydrogens (tertiary/aromatic N) is 1. The third-order valence-electron chi connectivity index (χ3n) is 3.82. The molecule has 2 nitrogen and oxygen atoms in total. The van der Waals surface area contributed by atoms with Gasteiger partial charge in [0.2, 0.25) is 0 Å². The summed E-state index contributed by atoms with van der Waals surface area (Å²) in [6.45, 7) is 2.26. The molecule has 0 rings (SSSR count). The van der Waals surface area contributed by atoms with Crippen LogP contribution in [0.2, 0.25) is 0 Å². The maximum Gasteiger partial charge on any atom is 1.00 e. The number of hydrogen-bond acceptors (Lipinski definition) is 2. The summed E-state index contributed by atoms with van der Waals surface area (Å²) < 4.78 is 0. The minimum absolute atomic E-state index is 0. The first-order valence-corrected chi connectivity index (χ1v) is 9.47. The Bertz CT molecular complexity index is 344. The number of aliphatic imine (C=N–C) groups is 1. The second kappa shape index (κ2) is 22.2. The van der Waals surface area contributed by atoms with Crippen molar-refractivity contribution in [2.75, 3.05) is 0 Å². The zero-order chi connectivity index (χ0) is 16.3. The largest absolute Gasteiger partial charge is 1.00 e. The van der Waals surface area contributed by atoms with Crippen LogP contribution in [0.3, 0.4) is 0 Å². The summed E-state index contributed by atoms with van der Waals surface area (Å²) in [4.78, 5) is 14.5. The fourth-order valence-corrected chi connectivity index (χ4v) is 2.56. The van der Waals surface area contributed by atoms with Crippen molar-refractivity contribution in [1.82, 2.24) is 0 Å². The molecular weight excluding hydrogens is 313 g/mol. The van der Waals surface area contributed by atoms with Gasteiger partial charge in [-0.1, -0.05) is 70.4 Å². The summed E-state index contributed by atoms with van der Waals surface area (Å²) >= 11 is 4.40. The van der Waals surface area contributed by atoms with Gasteiger partial charge >= 0.3 is 29.6 Å². The van der Waals surface area contributed by atoms with Crippen LogP contribution in [-0.2, 0) is 4.79 Å². The second-order valence-electron chi connectivity index (χ2n) is 5.93. The molecule has 1 amide bonds. The van der Waals surface area contributed by atoms with Gasteiger partial charge in [-0.2, -0.15) is 4.99 Å².